The Morgan fingerprint density at radius 2 is 1.82 bits per heavy atom. The molecule has 176 valence electrons. The summed E-state index contributed by atoms with van der Waals surface area (Å²) in [6.45, 7) is 2.14. The average Bonchev–Trinajstić information content (AvgIpc) is 3.34. The second-order valence-electron chi connectivity index (χ2n) is 8.17. The molecular formula is C24H25N5O4S. The van der Waals surface area contributed by atoms with E-state index in [0.29, 0.717) is 17.3 Å². The van der Waals surface area contributed by atoms with Crippen LogP contribution in [0.25, 0.3) is 11.3 Å². The molecule has 0 spiro atoms. The molecule has 1 unspecified atom stereocenters. The minimum absolute atomic E-state index is 0.0327. The van der Waals surface area contributed by atoms with Crippen molar-refractivity contribution in [2.45, 2.75) is 37.1 Å². The maximum absolute atomic E-state index is 12.9. The van der Waals surface area contributed by atoms with Gasteiger partial charge in [0.25, 0.3) is 10.0 Å². The number of benzene rings is 2. The largest absolute Gasteiger partial charge is 0.382 e. The number of Topliss-reactive ketones (excluding diaryl/α,β-unsaturated/α-hetero) is 1. The Bertz CT molecular complexity index is 1320. The van der Waals surface area contributed by atoms with Crippen LogP contribution < -0.4 is 15.8 Å². The molecule has 1 aliphatic rings. The lowest BCUT2D eigenvalue weighted by Gasteiger charge is -2.11. The molecule has 4 rings (SSSR count). The molecule has 9 nitrogen and oxygen atoms in total. The SMILES string of the molecule is CC(=O)NS(=O)(=O)c1ccc(CC(=O)c2nc(-c3ccc(C4CCCN4)cc3)cnc2N)cc1. The van der Waals surface area contributed by atoms with Crippen LogP contribution in [0, 0.1) is 0 Å². The summed E-state index contributed by atoms with van der Waals surface area (Å²) in [6, 6.07) is 14.1. The number of nitrogens with two attached hydrogens (primary N) is 1. The van der Waals surface area contributed by atoms with Crippen LogP contribution in [0.1, 0.15) is 47.4 Å². The normalized spacial score (nSPS) is 15.7. The topological polar surface area (TPSA) is 144 Å². The lowest BCUT2D eigenvalue weighted by atomic mass is 10.0. The Labute approximate surface area is 197 Å². The fourth-order valence-corrected chi connectivity index (χ4v) is 4.89. The third-order valence-electron chi connectivity index (χ3n) is 5.61. The van der Waals surface area contributed by atoms with Crippen LogP contribution in [0.4, 0.5) is 5.82 Å². The number of sulfonamides is 1. The Hall–Kier alpha value is -3.63. The van der Waals surface area contributed by atoms with Gasteiger partial charge in [0.05, 0.1) is 16.8 Å². The van der Waals surface area contributed by atoms with E-state index < -0.39 is 15.9 Å². The van der Waals surface area contributed by atoms with E-state index in [4.69, 9.17) is 5.73 Å². The molecule has 1 amide bonds. The summed E-state index contributed by atoms with van der Waals surface area (Å²) < 4.78 is 26.0. The highest BCUT2D eigenvalue weighted by Gasteiger charge is 2.19. The van der Waals surface area contributed by atoms with Gasteiger partial charge in [0, 0.05) is 24.9 Å². The van der Waals surface area contributed by atoms with Crippen molar-refractivity contribution < 1.29 is 18.0 Å². The lowest BCUT2D eigenvalue weighted by Crippen LogP contribution is -2.28. The zero-order chi connectivity index (χ0) is 24.3. The molecule has 0 radical (unpaired) electrons. The van der Waals surface area contributed by atoms with Crippen LogP contribution in [-0.4, -0.2) is 36.6 Å². The average molecular weight is 480 g/mol. The predicted octanol–water partition coefficient (Wildman–Crippen LogP) is 2.40. The Kier molecular flexibility index (Phi) is 6.71. The summed E-state index contributed by atoms with van der Waals surface area (Å²) in [7, 11) is -3.94. The van der Waals surface area contributed by atoms with Crippen molar-refractivity contribution in [2.75, 3.05) is 12.3 Å². The van der Waals surface area contributed by atoms with Gasteiger partial charge in [0.15, 0.2) is 11.6 Å². The molecular weight excluding hydrogens is 454 g/mol. The van der Waals surface area contributed by atoms with Crippen molar-refractivity contribution in [1.82, 2.24) is 20.0 Å². The fourth-order valence-electron chi connectivity index (χ4n) is 3.90. The molecule has 1 aliphatic heterocycles. The van der Waals surface area contributed by atoms with Crippen LogP contribution in [0.2, 0.25) is 0 Å². The summed E-state index contributed by atoms with van der Waals surface area (Å²) in [5.41, 5.74) is 9.16. The first-order valence-corrected chi connectivity index (χ1v) is 12.3. The summed E-state index contributed by atoms with van der Waals surface area (Å²) >= 11 is 0. The zero-order valence-electron chi connectivity index (χ0n) is 18.6. The Morgan fingerprint density at radius 1 is 1.12 bits per heavy atom. The molecule has 0 aliphatic carbocycles. The minimum Gasteiger partial charge on any atom is -0.382 e. The summed E-state index contributed by atoms with van der Waals surface area (Å²) in [5.74, 6) is -0.987. The van der Waals surface area contributed by atoms with Gasteiger partial charge in [0.2, 0.25) is 5.91 Å². The van der Waals surface area contributed by atoms with Gasteiger partial charge in [0.1, 0.15) is 5.69 Å². The molecule has 34 heavy (non-hydrogen) atoms. The number of nitrogens with one attached hydrogen (secondary N) is 2. The van der Waals surface area contributed by atoms with E-state index in [-0.39, 0.29) is 28.6 Å². The molecule has 1 atom stereocenters. The Balaban J connectivity index is 1.50. The maximum Gasteiger partial charge on any atom is 0.264 e. The second kappa shape index (κ2) is 9.70. The number of hydrogen-bond acceptors (Lipinski definition) is 8. The van der Waals surface area contributed by atoms with Gasteiger partial charge in [-0.3, -0.25) is 9.59 Å². The first-order valence-electron chi connectivity index (χ1n) is 10.8. The summed E-state index contributed by atoms with van der Waals surface area (Å²) in [4.78, 5) is 32.5. The van der Waals surface area contributed by atoms with Gasteiger partial charge in [-0.1, -0.05) is 36.4 Å². The van der Waals surface area contributed by atoms with Crippen molar-refractivity contribution >= 4 is 27.5 Å². The molecule has 4 N–H and O–H groups in total. The number of carbonyl (C=O) groups is 2. The Morgan fingerprint density at radius 3 is 2.44 bits per heavy atom. The monoisotopic (exact) mass is 479 g/mol. The van der Waals surface area contributed by atoms with Crippen molar-refractivity contribution in [1.29, 1.82) is 0 Å². The molecule has 0 saturated carbocycles. The number of anilines is 1. The molecule has 10 heteroatoms. The van der Waals surface area contributed by atoms with Gasteiger partial charge in [-0.05, 0) is 42.6 Å². The van der Waals surface area contributed by atoms with E-state index in [1.807, 2.05) is 16.9 Å². The number of rotatable bonds is 7. The number of hydrogen-bond donors (Lipinski definition) is 3. The third-order valence-corrected chi connectivity index (χ3v) is 7.06. The van der Waals surface area contributed by atoms with Crippen LogP contribution in [0.5, 0.6) is 0 Å². The molecule has 1 fully saturated rings. The number of nitrogen functional groups attached to an aromatic ring is 1. The maximum atomic E-state index is 12.9. The standard InChI is InChI=1S/C24H25N5O4S/c1-15(30)29-34(32,33)19-10-4-16(5-11-19)13-22(31)23-24(25)27-14-21(28-23)18-8-6-17(7-9-18)20-3-2-12-26-20/h4-11,14,20,26H,2-3,12-13H2,1H3,(H2,25,27)(H,29,30). The minimum atomic E-state index is -3.94. The number of ketones is 1. The highest BCUT2D eigenvalue weighted by Crippen LogP contribution is 2.26. The van der Waals surface area contributed by atoms with Gasteiger partial charge in [-0.2, -0.15) is 0 Å². The molecule has 2 aromatic carbocycles. The fraction of sp³-hybridized carbons (Fsp3) is 0.250. The van der Waals surface area contributed by atoms with Crippen molar-refractivity contribution in [3.8, 4) is 11.3 Å². The van der Waals surface area contributed by atoms with Gasteiger partial charge in [-0.15, -0.1) is 0 Å². The van der Waals surface area contributed by atoms with E-state index in [1.54, 1.807) is 0 Å². The van der Waals surface area contributed by atoms with Crippen molar-refractivity contribution in [3.63, 3.8) is 0 Å². The van der Waals surface area contributed by atoms with Crippen LogP contribution in [-0.2, 0) is 21.2 Å². The van der Waals surface area contributed by atoms with E-state index in [0.717, 1.165) is 31.9 Å². The number of nitrogens with zero attached hydrogens (tertiary/aromatic N) is 2. The number of aromatic nitrogens is 2. The van der Waals surface area contributed by atoms with E-state index in [1.165, 1.54) is 36.0 Å². The van der Waals surface area contributed by atoms with Crippen LogP contribution in [0.3, 0.4) is 0 Å². The first-order chi connectivity index (χ1) is 16.2. The summed E-state index contributed by atoms with van der Waals surface area (Å²) in [5, 5.41) is 3.47. The van der Waals surface area contributed by atoms with Gasteiger partial charge >= 0.3 is 0 Å². The van der Waals surface area contributed by atoms with Crippen LogP contribution >= 0.6 is 0 Å². The van der Waals surface area contributed by atoms with Crippen molar-refractivity contribution in [2.24, 2.45) is 0 Å². The molecule has 0 bridgehead atoms. The number of amides is 1. The van der Waals surface area contributed by atoms with Crippen molar-refractivity contribution in [3.05, 3.63) is 71.5 Å². The van der Waals surface area contributed by atoms with Gasteiger partial charge in [-0.25, -0.2) is 23.1 Å². The highest BCUT2D eigenvalue weighted by molar-refractivity contribution is 7.90. The highest BCUT2D eigenvalue weighted by atomic mass is 32.2. The molecule has 1 saturated heterocycles. The molecule has 2 heterocycles. The molecule has 1 aromatic heterocycles. The smallest absolute Gasteiger partial charge is 0.264 e. The van der Waals surface area contributed by atoms with E-state index in [2.05, 4.69) is 27.4 Å². The first kappa shape index (κ1) is 23.5. The predicted molar refractivity (Wildman–Crippen MR) is 127 cm³/mol. The second-order valence-corrected chi connectivity index (χ2v) is 9.85. The zero-order valence-corrected chi connectivity index (χ0v) is 19.4. The van der Waals surface area contributed by atoms with E-state index in [9.17, 15) is 18.0 Å². The van der Waals surface area contributed by atoms with Gasteiger partial charge < -0.3 is 11.1 Å². The van der Waals surface area contributed by atoms with Crippen LogP contribution in [0.15, 0.2) is 59.6 Å². The third kappa shape index (κ3) is 5.29. The quantitative estimate of drug-likeness (QED) is 0.438. The lowest BCUT2D eigenvalue weighted by molar-refractivity contribution is -0.117. The number of carbonyl (C=O) groups excluding carboxylic acids is 2. The summed E-state index contributed by atoms with van der Waals surface area (Å²) in [6.07, 6.45) is 3.78. The molecule has 3 aromatic rings. The van der Waals surface area contributed by atoms with E-state index >= 15 is 0 Å².